The lowest BCUT2D eigenvalue weighted by Crippen LogP contribution is -2.46. The molecule has 1 saturated carbocycles. The van der Waals surface area contributed by atoms with E-state index in [4.69, 9.17) is 0 Å². The average Bonchev–Trinajstić information content (AvgIpc) is 2.89. The first kappa shape index (κ1) is 19.3. The smallest absolute Gasteiger partial charge is 0.325 e. The lowest BCUT2D eigenvalue weighted by atomic mass is 9.87. The number of urea groups is 1. The number of imide groups is 1. The number of hydrogen-bond donors (Lipinski definition) is 2. The summed E-state index contributed by atoms with van der Waals surface area (Å²) in [6, 6.07) is 4.99. The van der Waals surface area contributed by atoms with Crippen molar-refractivity contribution in [2.75, 3.05) is 6.54 Å². The number of rotatable bonds is 5. The lowest BCUT2D eigenvalue weighted by molar-refractivity contribution is -0.135. The van der Waals surface area contributed by atoms with E-state index in [1.165, 1.54) is 24.3 Å². The summed E-state index contributed by atoms with van der Waals surface area (Å²) in [4.78, 5) is 38.7. The third kappa shape index (κ3) is 3.82. The molecule has 146 valence electrons. The molecule has 0 unspecified atom stereocenters. The summed E-state index contributed by atoms with van der Waals surface area (Å²) < 4.78 is 13.2. The third-order valence-corrected chi connectivity index (χ3v) is 5.73. The Bertz CT molecular complexity index is 728. The molecule has 2 fully saturated rings. The van der Waals surface area contributed by atoms with Gasteiger partial charge in [-0.3, -0.25) is 14.5 Å². The summed E-state index contributed by atoms with van der Waals surface area (Å²) in [6.07, 6.45) is 4.28. The van der Waals surface area contributed by atoms with Crippen molar-refractivity contribution in [1.29, 1.82) is 0 Å². The van der Waals surface area contributed by atoms with Gasteiger partial charge in [-0.1, -0.05) is 26.0 Å². The Morgan fingerprint density at radius 1 is 1.22 bits per heavy atom. The third-order valence-electron chi connectivity index (χ3n) is 5.73. The van der Waals surface area contributed by atoms with E-state index in [0.29, 0.717) is 17.9 Å². The van der Waals surface area contributed by atoms with Crippen molar-refractivity contribution in [1.82, 2.24) is 15.5 Å². The minimum absolute atomic E-state index is 0.0995. The van der Waals surface area contributed by atoms with Gasteiger partial charge in [0.05, 0.1) is 0 Å². The summed E-state index contributed by atoms with van der Waals surface area (Å²) in [5.74, 6) is -0.553. The fourth-order valence-corrected chi connectivity index (χ4v) is 3.96. The van der Waals surface area contributed by atoms with E-state index in [1.807, 2.05) is 0 Å². The first-order valence-corrected chi connectivity index (χ1v) is 9.55. The molecule has 0 aromatic heterocycles. The Morgan fingerprint density at radius 2 is 1.85 bits per heavy atom. The second-order valence-corrected chi connectivity index (χ2v) is 7.61. The van der Waals surface area contributed by atoms with Gasteiger partial charge in [-0.15, -0.1) is 0 Å². The largest absolute Gasteiger partial charge is 0.352 e. The number of nitrogens with zero attached hydrogens (tertiary/aromatic N) is 1. The number of carbonyl (C=O) groups is 3. The minimum atomic E-state index is -1.26. The highest BCUT2D eigenvalue weighted by atomic mass is 19.1. The molecule has 2 aliphatic rings. The summed E-state index contributed by atoms with van der Waals surface area (Å²) >= 11 is 0. The molecule has 0 radical (unpaired) electrons. The van der Waals surface area contributed by atoms with Crippen LogP contribution in [0.2, 0.25) is 0 Å². The van der Waals surface area contributed by atoms with Crippen LogP contribution in [0.25, 0.3) is 0 Å². The molecule has 6 nitrogen and oxygen atoms in total. The molecule has 1 atom stereocenters. The monoisotopic (exact) mass is 375 g/mol. The van der Waals surface area contributed by atoms with Gasteiger partial charge < -0.3 is 10.6 Å². The number of hydrogen-bond acceptors (Lipinski definition) is 3. The van der Waals surface area contributed by atoms with Crippen LogP contribution in [-0.4, -0.2) is 35.3 Å². The van der Waals surface area contributed by atoms with Crippen LogP contribution >= 0.6 is 0 Å². The van der Waals surface area contributed by atoms with Gasteiger partial charge in [0.1, 0.15) is 17.9 Å². The Morgan fingerprint density at radius 3 is 2.44 bits per heavy atom. The van der Waals surface area contributed by atoms with Crippen molar-refractivity contribution < 1.29 is 18.8 Å². The van der Waals surface area contributed by atoms with E-state index in [-0.39, 0.29) is 18.5 Å². The Balaban J connectivity index is 1.69. The van der Waals surface area contributed by atoms with Gasteiger partial charge in [-0.2, -0.15) is 0 Å². The zero-order chi connectivity index (χ0) is 19.6. The maximum absolute atomic E-state index is 13.2. The quantitative estimate of drug-likeness (QED) is 0.777. The first-order chi connectivity index (χ1) is 12.9. The molecule has 1 aliphatic carbocycles. The fourth-order valence-electron chi connectivity index (χ4n) is 3.96. The van der Waals surface area contributed by atoms with Crippen molar-refractivity contribution in [2.45, 2.75) is 57.5 Å². The SMILES string of the molecule is CC[C@@]1(c2ccc(F)cc2)NC(=O)N(CC(=O)NC2CCC(C)CC2)C1=O. The zero-order valence-corrected chi connectivity index (χ0v) is 15.8. The molecule has 4 amide bonds. The first-order valence-electron chi connectivity index (χ1n) is 9.55. The van der Waals surface area contributed by atoms with Gasteiger partial charge in [0.25, 0.3) is 5.91 Å². The Labute approximate surface area is 158 Å². The van der Waals surface area contributed by atoms with Crippen LogP contribution in [0.4, 0.5) is 9.18 Å². The second-order valence-electron chi connectivity index (χ2n) is 7.61. The number of benzene rings is 1. The van der Waals surface area contributed by atoms with E-state index in [1.54, 1.807) is 6.92 Å². The fraction of sp³-hybridized carbons (Fsp3) is 0.550. The molecule has 1 aliphatic heterocycles. The van der Waals surface area contributed by atoms with Gasteiger partial charge in [0.2, 0.25) is 5.91 Å². The summed E-state index contributed by atoms with van der Waals surface area (Å²) in [6.45, 7) is 3.67. The topological polar surface area (TPSA) is 78.5 Å². The predicted molar refractivity (Wildman–Crippen MR) is 98.2 cm³/mol. The predicted octanol–water partition coefficient (Wildman–Crippen LogP) is 2.68. The van der Waals surface area contributed by atoms with Crippen LogP contribution in [0.5, 0.6) is 0 Å². The van der Waals surface area contributed by atoms with E-state index >= 15 is 0 Å². The molecule has 7 heteroatoms. The zero-order valence-electron chi connectivity index (χ0n) is 15.8. The van der Waals surface area contributed by atoms with Gasteiger partial charge in [-0.05, 0) is 55.7 Å². The maximum Gasteiger partial charge on any atom is 0.325 e. The highest BCUT2D eigenvalue weighted by Gasteiger charge is 2.51. The van der Waals surface area contributed by atoms with Crippen LogP contribution in [-0.2, 0) is 15.1 Å². The molecule has 0 bridgehead atoms. The van der Waals surface area contributed by atoms with Crippen molar-refractivity contribution in [3.05, 3.63) is 35.6 Å². The molecule has 3 rings (SSSR count). The molecule has 1 heterocycles. The van der Waals surface area contributed by atoms with Gasteiger partial charge in [-0.25, -0.2) is 9.18 Å². The molecule has 0 spiro atoms. The average molecular weight is 375 g/mol. The van der Waals surface area contributed by atoms with Gasteiger partial charge in [0.15, 0.2) is 0 Å². The number of carbonyl (C=O) groups excluding carboxylic acids is 3. The summed E-state index contributed by atoms with van der Waals surface area (Å²) in [7, 11) is 0. The van der Waals surface area contributed by atoms with Crippen molar-refractivity contribution in [3.63, 3.8) is 0 Å². The molecule has 27 heavy (non-hydrogen) atoms. The van der Waals surface area contributed by atoms with Crippen LogP contribution in [0, 0.1) is 11.7 Å². The summed E-state index contributed by atoms with van der Waals surface area (Å²) in [5, 5.41) is 5.64. The lowest BCUT2D eigenvalue weighted by Gasteiger charge is -2.28. The highest BCUT2D eigenvalue weighted by Crippen LogP contribution is 2.32. The van der Waals surface area contributed by atoms with Gasteiger partial charge >= 0.3 is 6.03 Å². The minimum Gasteiger partial charge on any atom is -0.352 e. The van der Waals surface area contributed by atoms with Crippen LogP contribution in [0.3, 0.4) is 0 Å². The maximum atomic E-state index is 13.2. The number of nitrogens with one attached hydrogen (secondary N) is 2. The molecular formula is C20H26FN3O3. The Kier molecular flexibility index (Phi) is 5.48. The standard InChI is InChI=1S/C20H26FN3O3/c1-3-20(14-6-8-15(21)9-7-14)18(26)24(19(27)23-20)12-17(25)22-16-10-4-13(2)5-11-16/h6-9,13,16H,3-5,10-12H2,1-2H3,(H,22,25)(H,23,27)/t13?,16?,20-/m0/s1. The van der Waals surface area contributed by atoms with Crippen LogP contribution in [0.15, 0.2) is 24.3 Å². The van der Waals surface area contributed by atoms with Crippen molar-refractivity contribution >= 4 is 17.8 Å². The molecule has 2 N–H and O–H groups in total. The molecule has 1 saturated heterocycles. The van der Waals surface area contributed by atoms with E-state index in [9.17, 15) is 18.8 Å². The van der Waals surface area contributed by atoms with Crippen molar-refractivity contribution in [2.24, 2.45) is 5.92 Å². The Hall–Kier alpha value is -2.44. The van der Waals surface area contributed by atoms with Gasteiger partial charge in [0, 0.05) is 6.04 Å². The number of amides is 4. The summed E-state index contributed by atoms with van der Waals surface area (Å²) in [5.41, 5.74) is -0.750. The highest BCUT2D eigenvalue weighted by molar-refractivity contribution is 6.09. The number of halogens is 1. The van der Waals surface area contributed by atoms with E-state index < -0.39 is 23.3 Å². The van der Waals surface area contributed by atoms with Crippen molar-refractivity contribution in [3.8, 4) is 0 Å². The molecule has 1 aromatic rings. The normalized spacial score (nSPS) is 28.2. The second kappa shape index (κ2) is 7.66. The molecule has 1 aromatic carbocycles. The van der Waals surface area contributed by atoms with E-state index in [2.05, 4.69) is 17.6 Å². The molecular weight excluding hydrogens is 349 g/mol. The van der Waals surface area contributed by atoms with Crippen LogP contribution < -0.4 is 10.6 Å². The van der Waals surface area contributed by atoms with E-state index in [0.717, 1.165) is 30.6 Å². The van der Waals surface area contributed by atoms with Crippen LogP contribution in [0.1, 0.15) is 51.5 Å².